The number of methoxy groups -OCH3 is 1. The number of rotatable bonds is 8. The molecule has 1 aliphatic heterocycles. The van der Waals surface area contributed by atoms with Crippen LogP contribution >= 0.6 is 0 Å². The highest BCUT2D eigenvalue weighted by atomic mass is 19.1. The predicted molar refractivity (Wildman–Crippen MR) is 97.0 cm³/mol. The lowest BCUT2D eigenvalue weighted by Gasteiger charge is -2.31. The largest absolute Gasteiger partial charge is 0.445 e. The first-order valence-electron chi connectivity index (χ1n) is 9.19. The van der Waals surface area contributed by atoms with Gasteiger partial charge in [0.15, 0.2) is 5.89 Å². The van der Waals surface area contributed by atoms with Crippen molar-refractivity contribution in [1.82, 2.24) is 9.88 Å². The number of piperidine rings is 1. The molecule has 0 spiro atoms. The lowest BCUT2D eigenvalue weighted by Crippen LogP contribution is -2.41. The number of aromatic nitrogens is 1. The number of carbonyl (C=O) groups excluding carboxylic acids is 1. The van der Waals surface area contributed by atoms with E-state index in [9.17, 15) is 9.18 Å². The third-order valence-electron chi connectivity index (χ3n) is 4.64. The summed E-state index contributed by atoms with van der Waals surface area (Å²) < 4.78 is 29.1. The molecule has 1 saturated heterocycles. The Bertz CT molecular complexity index is 732. The molecule has 3 rings (SSSR count). The second kappa shape index (κ2) is 9.62. The van der Waals surface area contributed by atoms with E-state index >= 15 is 0 Å². The highest BCUT2D eigenvalue weighted by Gasteiger charge is 2.27. The molecule has 0 bridgehead atoms. The summed E-state index contributed by atoms with van der Waals surface area (Å²) in [5, 5.41) is 0. The van der Waals surface area contributed by atoms with Crippen molar-refractivity contribution in [3.8, 4) is 0 Å². The van der Waals surface area contributed by atoms with Gasteiger partial charge in [-0.15, -0.1) is 0 Å². The Kier molecular flexibility index (Phi) is 6.95. The van der Waals surface area contributed by atoms with Crippen molar-refractivity contribution >= 4 is 5.91 Å². The number of halogens is 1. The van der Waals surface area contributed by atoms with Gasteiger partial charge in [0, 0.05) is 26.6 Å². The van der Waals surface area contributed by atoms with Gasteiger partial charge < -0.3 is 18.8 Å². The monoisotopic (exact) mass is 376 g/mol. The standard InChI is InChI=1S/C20H25FN2O4/c1-25-9-10-26-14-19(24)23-8-2-3-16(13-23)20-22-12-18(27-20)11-15-4-6-17(21)7-5-15/h4-7,12,16H,2-3,8-11,13-14H2,1H3. The molecule has 2 aromatic rings. The van der Waals surface area contributed by atoms with Crippen LogP contribution in [0, 0.1) is 5.82 Å². The summed E-state index contributed by atoms with van der Waals surface area (Å²) in [7, 11) is 1.60. The van der Waals surface area contributed by atoms with Crippen molar-refractivity contribution in [2.45, 2.75) is 25.2 Å². The summed E-state index contributed by atoms with van der Waals surface area (Å²) >= 11 is 0. The molecule has 27 heavy (non-hydrogen) atoms. The van der Waals surface area contributed by atoms with Gasteiger partial charge in [0.05, 0.1) is 25.3 Å². The molecule has 1 amide bonds. The first kappa shape index (κ1) is 19.5. The van der Waals surface area contributed by atoms with Crippen molar-refractivity contribution in [2.75, 3.05) is 40.0 Å². The summed E-state index contributed by atoms with van der Waals surface area (Å²) in [5.74, 6) is 1.21. The average Bonchev–Trinajstić information content (AvgIpc) is 3.15. The van der Waals surface area contributed by atoms with E-state index < -0.39 is 0 Å². The smallest absolute Gasteiger partial charge is 0.248 e. The first-order valence-corrected chi connectivity index (χ1v) is 9.19. The van der Waals surface area contributed by atoms with E-state index in [4.69, 9.17) is 13.9 Å². The van der Waals surface area contributed by atoms with Gasteiger partial charge in [-0.2, -0.15) is 0 Å². The second-order valence-corrected chi connectivity index (χ2v) is 6.69. The van der Waals surface area contributed by atoms with E-state index in [2.05, 4.69) is 4.98 Å². The molecule has 1 atom stereocenters. The summed E-state index contributed by atoms with van der Waals surface area (Å²) in [6.07, 6.45) is 4.12. The van der Waals surface area contributed by atoms with Crippen molar-refractivity contribution in [1.29, 1.82) is 0 Å². The minimum Gasteiger partial charge on any atom is -0.445 e. The van der Waals surface area contributed by atoms with Crippen molar-refractivity contribution in [3.05, 3.63) is 53.5 Å². The van der Waals surface area contributed by atoms with Crippen molar-refractivity contribution < 1.29 is 23.1 Å². The predicted octanol–water partition coefficient (Wildman–Crippen LogP) is 2.77. The van der Waals surface area contributed by atoms with Crippen LogP contribution < -0.4 is 0 Å². The maximum Gasteiger partial charge on any atom is 0.248 e. The van der Waals surface area contributed by atoms with Crippen LogP contribution in [0.4, 0.5) is 4.39 Å². The van der Waals surface area contributed by atoms with Gasteiger partial charge >= 0.3 is 0 Å². The zero-order chi connectivity index (χ0) is 19.1. The van der Waals surface area contributed by atoms with Crippen LogP contribution in [0.2, 0.25) is 0 Å². The number of likely N-dealkylation sites (tertiary alicyclic amines) is 1. The summed E-state index contributed by atoms with van der Waals surface area (Å²) in [6, 6.07) is 6.35. The quantitative estimate of drug-likeness (QED) is 0.663. The molecular weight excluding hydrogens is 351 g/mol. The summed E-state index contributed by atoms with van der Waals surface area (Å²) in [6.45, 7) is 2.27. The van der Waals surface area contributed by atoms with E-state index in [-0.39, 0.29) is 24.2 Å². The van der Waals surface area contributed by atoms with Crippen LogP contribution in [0.3, 0.4) is 0 Å². The molecule has 0 N–H and O–H groups in total. The second-order valence-electron chi connectivity index (χ2n) is 6.69. The van der Waals surface area contributed by atoms with E-state index in [1.54, 1.807) is 25.4 Å². The number of carbonyl (C=O) groups is 1. The number of nitrogens with zero attached hydrogens (tertiary/aromatic N) is 2. The fraction of sp³-hybridized carbons (Fsp3) is 0.500. The fourth-order valence-electron chi connectivity index (χ4n) is 3.19. The van der Waals surface area contributed by atoms with Crippen LogP contribution in [0.5, 0.6) is 0 Å². The minimum atomic E-state index is -0.254. The molecule has 146 valence electrons. The molecule has 0 radical (unpaired) electrons. The molecule has 6 nitrogen and oxygen atoms in total. The van der Waals surface area contributed by atoms with Gasteiger partial charge in [-0.1, -0.05) is 12.1 Å². The molecule has 7 heteroatoms. The van der Waals surface area contributed by atoms with Crippen LogP contribution in [0.15, 0.2) is 34.9 Å². The van der Waals surface area contributed by atoms with E-state index in [0.717, 1.165) is 30.7 Å². The lowest BCUT2D eigenvalue weighted by molar-refractivity contribution is -0.137. The van der Waals surface area contributed by atoms with Crippen LogP contribution in [-0.4, -0.2) is 55.8 Å². The van der Waals surface area contributed by atoms with Gasteiger partial charge in [0.25, 0.3) is 0 Å². The van der Waals surface area contributed by atoms with Crippen LogP contribution in [-0.2, 0) is 20.7 Å². The highest BCUT2D eigenvalue weighted by Crippen LogP contribution is 2.27. The topological polar surface area (TPSA) is 64.8 Å². The van der Waals surface area contributed by atoms with Gasteiger partial charge in [-0.3, -0.25) is 4.79 Å². The normalized spacial score (nSPS) is 17.3. The van der Waals surface area contributed by atoms with Crippen LogP contribution in [0.25, 0.3) is 0 Å². The van der Waals surface area contributed by atoms with Crippen LogP contribution in [0.1, 0.15) is 36.0 Å². The zero-order valence-electron chi connectivity index (χ0n) is 15.5. The zero-order valence-corrected chi connectivity index (χ0v) is 15.5. The number of oxazole rings is 1. The SMILES string of the molecule is COCCOCC(=O)N1CCCC(c2ncc(Cc3ccc(F)cc3)o2)C1. The summed E-state index contributed by atoms with van der Waals surface area (Å²) in [4.78, 5) is 18.5. The molecule has 2 heterocycles. The molecule has 1 fully saturated rings. The Morgan fingerprint density at radius 2 is 2.15 bits per heavy atom. The van der Waals surface area contributed by atoms with Gasteiger partial charge in [-0.05, 0) is 30.5 Å². The van der Waals surface area contributed by atoms with Gasteiger partial charge in [-0.25, -0.2) is 9.37 Å². The van der Waals surface area contributed by atoms with E-state index in [1.165, 1.54) is 12.1 Å². The number of hydrogen-bond acceptors (Lipinski definition) is 5. The maximum absolute atomic E-state index is 13.0. The lowest BCUT2D eigenvalue weighted by atomic mass is 9.98. The average molecular weight is 376 g/mol. The first-order chi connectivity index (χ1) is 13.2. The van der Waals surface area contributed by atoms with Gasteiger partial charge in [0.1, 0.15) is 18.2 Å². The number of hydrogen-bond donors (Lipinski definition) is 0. The van der Waals surface area contributed by atoms with Gasteiger partial charge in [0.2, 0.25) is 5.91 Å². The summed E-state index contributed by atoms with van der Waals surface area (Å²) in [5.41, 5.74) is 0.966. The molecule has 1 unspecified atom stereocenters. The maximum atomic E-state index is 13.0. The van der Waals surface area contributed by atoms with Crippen molar-refractivity contribution in [2.24, 2.45) is 0 Å². The molecule has 0 saturated carbocycles. The van der Waals surface area contributed by atoms with E-state index in [0.29, 0.717) is 32.1 Å². The minimum absolute atomic E-state index is 0.0195. The molecular formula is C20H25FN2O4. The Morgan fingerprint density at radius 1 is 1.33 bits per heavy atom. The third kappa shape index (κ3) is 5.61. The molecule has 1 aromatic heterocycles. The molecule has 0 aliphatic carbocycles. The Labute approximate surface area is 158 Å². The fourth-order valence-corrected chi connectivity index (χ4v) is 3.19. The third-order valence-corrected chi connectivity index (χ3v) is 4.64. The number of ether oxygens (including phenoxy) is 2. The Balaban J connectivity index is 1.54. The Hall–Kier alpha value is -2.25. The van der Waals surface area contributed by atoms with E-state index in [1.807, 2.05) is 4.90 Å². The number of amides is 1. The molecule has 1 aromatic carbocycles. The highest BCUT2D eigenvalue weighted by molar-refractivity contribution is 5.77. The Morgan fingerprint density at radius 3 is 2.93 bits per heavy atom. The number of benzene rings is 1. The molecule has 1 aliphatic rings. The van der Waals surface area contributed by atoms with Crippen molar-refractivity contribution in [3.63, 3.8) is 0 Å².